The van der Waals surface area contributed by atoms with Gasteiger partial charge in [0.2, 0.25) is 0 Å². The second-order valence-corrected chi connectivity index (χ2v) is 7.01. The molecule has 0 aliphatic heterocycles. The van der Waals surface area contributed by atoms with E-state index >= 15 is 0 Å². The first kappa shape index (κ1) is 17.7. The fourth-order valence-electron chi connectivity index (χ4n) is 2.34. The minimum atomic E-state index is -0.497. The van der Waals surface area contributed by atoms with Crippen LogP contribution in [0.25, 0.3) is 5.69 Å². The predicted molar refractivity (Wildman–Crippen MR) is 91.5 cm³/mol. The van der Waals surface area contributed by atoms with Gasteiger partial charge in [0.25, 0.3) is 11.6 Å². The molecule has 128 valence electrons. The molecule has 0 fully saturated rings. The molecule has 0 aliphatic rings. The van der Waals surface area contributed by atoms with E-state index in [9.17, 15) is 14.9 Å². The van der Waals surface area contributed by atoms with Crippen molar-refractivity contribution in [2.75, 3.05) is 0 Å². The molecule has 0 saturated heterocycles. The molecule has 0 spiro atoms. The van der Waals surface area contributed by atoms with Crippen LogP contribution in [0.15, 0.2) is 30.6 Å². The Kier molecular flexibility index (Phi) is 4.73. The Morgan fingerprint density at radius 3 is 2.50 bits per heavy atom. The SMILES string of the molecule is CC(C)c1nccn1-c1cc(C(=O)NC(C)(C)C)cc([N+](=O)[O-])c1. The first-order valence-corrected chi connectivity index (χ1v) is 7.74. The van der Waals surface area contributed by atoms with Crippen LogP contribution < -0.4 is 5.32 Å². The molecule has 1 N–H and O–H groups in total. The number of imidazole rings is 1. The van der Waals surface area contributed by atoms with Gasteiger partial charge in [-0.2, -0.15) is 0 Å². The molecule has 1 aromatic heterocycles. The monoisotopic (exact) mass is 330 g/mol. The van der Waals surface area contributed by atoms with Gasteiger partial charge in [-0.05, 0) is 26.8 Å². The smallest absolute Gasteiger partial charge is 0.272 e. The predicted octanol–water partition coefficient (Wildman–Crippen LogP) is 3.43. The number of nitro groups is 1. The van der Waals surface area contributed by atoms with E-state index in [1.54, 1.807) is 23.0 Å². The van der Waals surface area contributed by atoms with Crippen molar-refractivity contribution in [3.05, 3.63) is 52.1 Å². The molecule has 0 saturated carbocycles. The second-order valence-electron chi connectivity index (χ2n) is 7.01. The van der Waals surface area contributed by atoms with Crippen molar-refractivity contribution < 1.29 is 9.72 Å². The van der Waals surface area contributed by atoms with Crippen molar-refractivity contribution in [1.82, 2.24) is 14.9 Å². The summed E-state index contributed by atoms with van der Waals surface area (Å²) in [5, 5.41) is 14.1. The van der Waals surface area contributed by atoms with Crippen molar-refractivity contribution in [1.29, 1.82) is 0 Å². The number of nitro benzene ring substituents is 1. The summed E-state index contributed by atoms with van der Waals surface area (Å²) in [4.78, 5) is 27.5. The van der Waals surface area contributed by atoms with Crippen LogP contribution in [0.5, 0.6) is 0 Å². The lowest BCUT2D eigenvalue weighted by atomic mass is 10.1. The van der Waals surface area contributed by atoms with Crippen molar-refractivity contribution >= 4 is 11.6 Å². The second kappa shape index (κ2) is 6.43. The minimum absolute atomic E-state index is 0.130. The van der Waals surface area contributed by atoms with Crippen LogP contribution in [-0.2, 0) is 0 Å². The topological polar surface area (TPSA) is 90.1 Å². The summed E-state index contributed by atoms with van der Waals surface area (Å²) in [5.74, 6) is 0.572. The molecule has 24 heavy (non-hydrogen) atoms. The third-order valence-corrected chi connectivity index (χ3v) is 3.33. The lowest BCUT2D eigenvalue weighted by Crippen LogP contribution is -2.40. The molecule has 0 radical (unpaired) electrons. The third kappa shape index (κ3) is 3.98. The Morgan fingerprint density at radius 2 is 1.96 bits per heavy atom. The highest BCUT2D eigenvalue weighted by Crippen LogP contribution is 2.24. The zero-order valence-corrected chi connectivity index (χ0v) is 14.5. The van der Waals surface area contributed by atoms with E-state index in [1.165, 1.54) is 12.1 Å². The normalized spacial score (nSPS) is 11.6. The van der Waals surface area contributed by atoms with E-state index in [-0.39, 0.29) is 23.1 Å². The summed E-state index contributed by atoms with van der Waals surface area (Å²) in [5.41, 5.74) is 0.233. The van der Waals surface area contributed by atoms with Crippen LogP contribution in [0, 0.1) is 10.1 Å². The van der Waals surface area contributed by atoms with Crippen LogP contribution >= 0.6 is 0 Å². The molecule has 1 heterocycles. The van der Waals surface area contributed by atoms with Crippen LogP contribution in [0.4, 0.5) is 5.69 Å². The lowest BCUT2D eigenvalue weighted by molar-refractivity contribution is -0.384. The Bertz CT molecular complexity index is 772. The van der Waals surface area contributed by atoms with Gasteiger partial charge >= 0.3 is 0 Å². The van der Waals surface area contributed by atoms with Crippen molar-refractivity contribution in [2.45, 2.75) is 46.1 Å². The largest absolute Gasteiger partial charge is 0.347 e. The fourth-order valence-corrected chi connectivity index (χ4v) is 2.34. The summed E-state index contributed by atoms with van der Waals surface area (Å²) in [6.07, 6.45) is 3.38. The maximum absolute atomic E-state index is 12.4. The van der Waals surface area contributed by atoms with E-state index in [4.69, 9.17) is 0 Å². The molecule has 0 unspecified atom stereocenters. The third-order valence-electron chi connectivity index (χ3n) is 3.33. The zero-order chi connectivity index (χ0) is 18.1. The molecule has 0 atom stereocenters. The summed E-state index contributed by atoms with van der Waals surface area (Å²) < 4.78 is 1.77. The summed E-state index contributed by atoms with van der Waals surface area (Å²) in [6, 6.07) is 4.37. The van der Waals surface area contributed by atoms with Gasteiger partial charge in [0.15, 0.2) is 0 Å². The van der Waals surface area contributed by atoms with Gasteiger partial charge in [0.1, 0.15) is 5.82 Å². The first-order chi connectivity index (χ1) is 11.1. The number of hydrogen-bond donors (Lipinski definition) is 1. The number of aromatic nitrogens is 2. The average Bonchev–Trinajstić information content (AvgIpc) is 2.94. The maximum Gasteiger partial charge on any atom is 0.272 e. The van der Waals surface area contributed by atoms with E-state index in [0.29, 0.717) is 5.69 Å². The number of non-ortho nitro benzene ring substituents is 1. The van der Waals surface area contributed by atoms with Crippen molar-refractivity contribution in [3.63, 3.8) is 0 Å². The van der Waals surface area contributed by atoms with E-state index in [1.807, 2.05) is 34.6 Å². The molecule has 7 nitrogen and oxygen atoms in total. The maximum atomic E-state index is 12.4. The summed E-state index contributed by atoms with van der Waals surface area (Å²) >= 11 is 0. The van der Waals surface area contributed by atoms with Gasteiger partial charge in [-0.25, -0.2) is 4.98 Å². The highest BCUT2D eigenvalue weighted by atomic mass is 16.6. The highest BCUT2D eigenvalue weighted by molar-refractivity contribution is 5.96. The highest BCUT2D eigenvalue weighted by Gasteiger charge is 2.20. The first-order valence-electron chi connectivity index (χ1n) is 7.74. The zero-order valence-electron chi connectivity index (χ0n) is 14.5. The van der Waals surface area contributed by atoms with E-state index < -0.39 is 10.5 Å². The van der Waals surface area contributed by atoms with E-state index in [0.717, 1.165) is 5.82 Å². The number of carbonyl (C=O) groups is 1. The Balaban J connectivity index is 2.55. The fraction of sp³-hybridized carbons (Fsp3) is 0.412. The Hall–Kier alpha value is -2.70. The average molecular weight is 330 g/mol. The Labute approximate surface area is 140 Å². The number of benzene rings is 1. The molecular weight excluding hydrogens is 308 g/mol. The molecule has 1 aromatic carbocycles. The van der Waals surface area contributed by atoms with Crippen LogP contribution in [0.2, 0.25) is 0 Å². The standard InChI is InChI=1S/C17H22N4O3/c1-11(2)15-18-6-7-20(15)13-8-12(9-14(10-13)21(23)24)16(22)19-17(3,4)5/h6-11H,1-5H3,(H,19,22). The van der Waals surface area contributed by atoms with E-state index in [2.05, 4.69) is 10.3 Å². The number of nitrogens with zero attached hydrogens (tertiary/aromatic N) is 3. The summed E-state index contributed by atoms with van der Waals surface area (Å²) in [6.45, 7) is 9.55. The Morgan fingerprint density at radius 1 is 1.29 bits per heavy atom. The van der Waals surface area contributed by atoms with Gasteiger partial charge in [-0.3, -0.25) is 14.9 Å². The number of hydrogen-bond acceptors (Lipinski definition) is 4. The van der Waals surface area contributed by atoms with Gasteiger partial charge in [-0.1, -0.05) is 13.8 Å². The van der Waals surface area contributed by atoms with Crippen LogP contribution in [0.1, 0.15) is 56.7 Å². The quantitative estimate of drug-likeness (QED) is 0.687. The number of carbonyl (C=O) groups excluding carboxylic acids is 1. The van der Waals surface area contributed by atoms with Gasteiger partial charge in [0, 0.05) is 41.5 Å². The summed E-state index contributed by atoms with van der Waals surface area (Å²) in [7, 11) is 0. The van der Waals surface area contributed by atoms with Gasteiger partial charge < -0.3 is 9.88 Å². The molecule has 7 heteroatoms. The number of amides is 1. The van der Waals surface area contributed by atoms with Crippen LogP contribution in [0.3, 0.4) is 0 Å². The molecule has 1 amide bonds. The van der Waals surface area contributed by atoms with Gasteiger partial charge in [0.05, 0.1) is 10.6 Å². The molecular formula is C17H22N4O3. The number of rotatable bonds is 4. The molecule has 2 aromatic rings. The molecule has 0 bridgehead atoms. The number of nitrogens with one attached hydrogen (secondary N) is 1. The van der Waals surface area contributed by atoms with Crippen molar-refractivity contribution in [3.8, 4) is 5.69 Å². The lowest BCUT2D eigenvalue weighted by Gasteiger charge is -2.20. The van der Waals surface area contributed by atoms with Gasteiger partial charge in [-0.15, -0.1) is 0 Å². The van der Waals surface area contributed by atoms with Crippen LogP contribution in [-0.4, -0.2) is 25.9 Å². The molecule has 0 aliphatic carbocycles. The molecule has 2 rings (SSSR count). The minimum Gasteiger partial charge on any atom is -0.347 e. The van der Waals surface area contributed by atoms with Crippen molar-refractivity contribution in [2.24, 2.45) is 0 Å².